The number of benzene rings is 1. The molecule has 118 valence electrons. The van der Waals surface area contributed by atoms with Crippen molar-refractivity contribution in [1.29, 1.82) is 0 Å². The lowest BCUT2D eigenvalue weighted by Gasteiger charge is -2.31. The van der Waals surface area contributed by atoms with Crippen LogP contribution >= 0.6 is 0 Å². The number of aliphatic hydroxyl groups excluding tert-OH is 1. The number of hydrogen-bond donors (Lipinski definition) is 2. The van der Waals surface area contributed by atoms with E-state index in [1.807, 2.05) is 0 Å². The first-order valence-electron chi connectivity index (χ1n) is 8.51. The van der Waals surface area contributed by atoms with Gasteiger partial charge >= 0.3 is 0 Å². The fourth-order valence-electron chi connectivity index (χ4n) is 3.35. The number of aliphatic hydroxyl groups is 1. The van der Waals surface area contributed by atoms with E-state index in [0.717, 1.165) is 25.9 Å². The van der Waals surface area contributed by atoms with E-state index in [2.05, 4.69) is 48.3 Å². The molecule has 1 saturated heterocycles. The van der Waals surface area contributed by atoms with Crippen LogP contribution in [0.5, 0.6) is 0 Å². The summed E-state index contributed by atoms with van der Waals surface area (Å²) in [5, 5.41) is 13.2. The number of hydrogen-bond acceptors (Lipinski definition) is 3. The Hall–Kier alpha value is -1.06. The van der Waals surface area contributed by atoms with Crippen LogP contribution in [0.4, 0.5) is 5.69 Å². The molecule has 0 saturated carbocycles. The van der Waals surface area contributed by atoms with Crippen molar-refractivity contribution in [1.82, 2.24) is 5.32 Å². The Morgan fingerprint density at radius 1 is 1.19 bits per heavy atom. The summed E-state index contributed by atoms with van der Waals surface area (Å²) in [5.74, 6) is 0. The fraction of sp³-hybridized carbons (Fsp3) is 0.667. The minimum Gasteiger partial charge on any atom is -0.394 e. The lowest BCUT2D eigenvalue weighted by atomic mass is 10.0. The van der Waals surface area contributed by atoms with E-state index in [1.165, 1.54) is 30.5 Å². The Morgan fingerprint density at radius 3 is 2.57 bits per heavy atom. The highest BCUT2D eigenvalue weighted by molar-refractivity contribution is 5.49. The van der Waals surface area contributed by atoms with Crippen LogP contribution < -0.4 is 10.2 Å². The molecule has 2 unspecified atom stereocenters. The molecule has 0 radical (unpaired) electrons. The second-order valence-corrected chi connectivity index (χ2v) is 5.99. The molecule has 0 spiro atoms. The quantitative estimate of drug-likeness (QED) is 0.842. The summed E-state index contributed by atoms with van der Waals surface area (Å²) in [5.41, 5.74) is 2.62. The van der Waals surface area contributed by atoms with Crippen molar-refractivity contribution >= 4 is 5.69 Å². The van der Waals surface area contributed by atoms with Gasteiger partial charge in [-0.1, -0.05) is 38.8 Å². The van der Waals surface area contributed by atoms with Crippen LogP contribution in [-0.2, 0) is 0 Å². The van der Waals surface area contributed by atoms with Gasteiger partial charge in [0.15, 0.2) is 0 Å². The van der Waals surface area contributed by atoms with Crippen LogP contribution in [0.3, 0.4) is 0 Å². The summed E-state index contributed by atoms with van der Waals surface area (Å²) >= 11 is 0. The Balaban J connectivity index is 2.12. The third-order valence-corrected chi connectivity index (χ3v) is 4.57. The second kappa shape index (κ2) is 8.40. The van der Waals surface area contributed by atoms with Crippen LogP contribution in [0.25, 0.3) is 0 Å². The molecule has 0 aromatic heterocycles. The molecule has 2 atom stereocenters. The summed E-state index contributed by atoms with van der Waals surface area (Å²) in [7, 11) is 0. The summed E-state index contributed by atoms with van der Waals surface area (Å²) in [4.78, 5) is 2.39. The number of anilines is 1. The molecule has 1 aromatic carbocycles. The number of nitrogens with zero attached hydrogens (tertiary/aromatic N) is 1. The molecule has 2 rings (SSSR count). The minimum absolute atomic E-state index is 0.261. The molecule has 0 bridgehead atoms. The van der Waals surface area contributed by atoms with Gasteiger partial charge in [-0.3, -0.25) is 0 Å². The van der Waals surface area contributed by atoms with Crippen LogP contribution in [0, 0.1) is 0 Å². The first-order valence-corrected chi connectivity index (χ1v) is 8.51. The highest BCUT2D eigenvalue weighted by Gasteiger charge is 2.20. The van der Waals surface area contributed by atoms with Crippen molar-refractivity contribution in [3.63, 3.8) is 0 Å². The van der Waals surface area contributed by atoms with Gasteiger partial charge in [-0.2, -0.15) is 0 Å². The van der Waals surface area contributed by atoms with Crippen molar-refractivity contribution < 1.29 is 5.11 Å². The third-order valence-electron chi connectivity index (χ3n) is 4.57. The molecular formula is C18H30N2O. The van der Waals surface area contributed by atoms with Gasteiger partial charge in [-0.05, 0) is 43.5 Å². The third kappa shape index (κ3) is 4.21. The maximum Gasteiger partial charge on any atom is 0.0635 e. The van der Waals surface area contributed by atoms with E-state index in [-0.39, 0.29) is 12.6 Å². The van der Waals surface area contributed by atoms with E-state index >= 15 is 0 Å². The Morgan fingerprint density at radius 2 is 1.95 bits per heavy atom. The molecule has 1 aliphatic rings. The van der Waals surface area contributed by atoms with Crippen molar-refractivity contribution in [3.8, 4) is 0 Å². The Kier molecular flexibility index (Phi) is 6.52. The zero-order valence-electron chi connectivity index (χ0n) is 13.5. The molecule has 0 aliphatic carbocycles. The Bertz CT molecular complexity index is 404. The molecule has 0 amide bonds. The molecule has 1 aliphatic heterocycles. The Labute approximate surface area is 129 Å². The average molecular weight is 290 g/mol. The predicted octanol–water partition coefficient (Wildman–Crippen LogP) is 3.49. The molecule has 1 aromatic rings. The van der Waals surface area contributed by atoms with E-state index in [0.29, 0.717) is 6.04 Å². The average Bonchev–Trinajstić information content (AvgIpc) is 2.78. The zero-order chi connectivity index (χ0) is 15.1. The maximum atomic E-state index is 9.65. The summed E-state index contributed by atoms with van der Waals surface area (Å²) in [6.07, 6.45) is 5.96. The zero-order valence-corrected chi connectivity index (χ0v) is 13.5. The van der Waals surface area contributed by atoms with E-state index < -0.39 is 0 Å². The standard InChI is InChI=1S/C18H30N2O/c1-3-18(19-4-2)15-9-11-16(12-10-15)20-13-7-5-6-8-17(20)14-21/h9-12,17-19,21H,3-8,13-14H2,1-2H3. The van der Waals surface area contributed by atoms with Gasteiger partial charge in [-0.25, -0.2) is 0 Å². The highest BCUT2D eigenvalue weighted by atomic mass is 16.3. The summed E-state index contributed by atoms with van der Waals surface area (Å²) < 4.78 is 0. The predicted molar refractivity (Wildman–Crippen MR) is 89.8 cm³/mol. The topological polar surface area (TPSA) is 35.5 Å². The number of nitrogens with one attached hydrogen (secondary N) is 1. The van der Waals surface area contributed by atoms with Gasteiger partial charge < -0.3 is 15.3 Å². The maximum absolute atomic E-state index is 9.65. The molecule has 2 N–H and O–H groups in total. The van der Waals surface area contributed by atoms with Gasteiger partial charge in [0.2, 0.25) is 0 Å². The normalized spacial score (nSPS) is 21.1. The fourth-order valence-corrected chi connectivity index (χ4v) is 3.35. The van der Waals surface area contributed by atoms with Crippen molar-refractivity contribution in [2.24, 2.45) is 0 Å². The van der Waals surface area contributed by atoms with Crippen LogP contribution in [0.15, 0.2) is 24.3 Å². The van der Waals surface area contributed by atoms with E-state index in [1.54, 1.807) is 0 Å². The van der Waals surface area contributed by atoms with Crippen LogP contribution in [0.2, 0.25) is 0 Å². The minimum atomic E-state index is 0.261. The lowest BCUT2D eigenvalue weighted by Crippen LogP contribution is -2.37. The molecular weight excluding hydrogens is 260 g/mol. The van der Waals surface area contributed by atoms with Crippen molar-refractivity contribution in [2.45, 2.75) is 58.0 Å². The van der Waals surface area contributed by atoms with Crippen LogP contribution in [0.1, 0.15) is 57.6 Å². The van der Waals surface area contributed by atoms with Gasteiger partial charge in [-0.15, -0.1) is 0 Å². The van der Waals surface area contributed by atoms with E-state index in [4.69, 9.17) is 0 Å². The first kappa shape index (κ1) is 16.3. The van der Waals surface area contributed by atoms with Gasteiger partial charge in [0.25, 0.3) is 0 Å². The van der Waals surface area contributed by atoms with Gasteiger partial charge in [0, 0.05) is 18.3 Å². The lowest BCUT2D eigenvalue weighted by molar-refractivity contribution is 0.255. The van der Waals surface area contributed by atoms with Crippen molar-refractivity contribution in [2.75, 3.05) is 24.6 Å². The molecule has 3 heteroatoms. The largest absolute Gasteiger partial charge is 0.394 e. The number of rotatable bonds is 6. The highest BCUT2D eigenvalue weighted by Crippen LogP contribution is 2.26. The summed E-state index contributed by atoms with van der Waals surface area (Å²) in [6, 6.07) is 9.67. The van der Waals surface area contributed by atoms with Crippen LogP contribution in [-0.4, -0.2) is 30.8 Å². The van der Waals surface area contributed by atoms with E-state index in [9.17, 15) is 5.11 Å². The smallest absolute Gasteiger partial charge is 0.0635 e. The summed E-state index contributed by atoms with van der Waals surface area (Å²) in [6.45, 7) is 6.70. The van der Waals surface area contributed by atoms with Crippen molar-refractivity contribution in [3.05, 3.63) is 29.8 Å². The SMILES string of the molecule is CCNC(CC)c1ccc(N2CCCCCC2CO)cc1. The van der Waals surface area contributed by atoms with Gasteiger partial charge in [0.05, 0.1) is 12.6 Å². The van der Waals surface area contributed by atoms with Gasteiger partial charge in [0.1, 0.15) is 0 Å². The molecule has 3 nitrogen and oxygen atoms in total. The molecule has 1 fully saturated rings. The molecule has 21 heavy (non-hydrogen) atoms. The first-order chi connectivity index (χ1) is 10.3. The molecule has 1 heterocycles. The monoisotopic (exact) mass is 290 g/mol. The second-order valence-electron chi connectivity index (χ2n) is 5.99.